The molecule has 0 saturated carbocycles. The molecule has 1 atom stereocenters. The van der Waals surface area contributed by atoms with Crippen molar-refractivity contribution in [2.24, 2.45) is 5.92 Å². The largest absolute Gasteiger partial charge is 0.399 e. The molecule has 0 radical (unpaired) electrons. The lowest BCUT2D eigenvalue weighted by molar-refractivity contribution is 0.249. The van der Waals surface area contributed by atoms with Crippen molar-refractivity contribution in [1.29, 1.82) is 0 Å². The molecule has 0 bridgehead atoms. The van der Waals surface area contributed by atoms with Crippen molar-refractivity contribution < 1.29 is 9.50 Å². The molecule has 1 unspecified atom stereocenters. The monoisotopic (exact) mass is 212 g/mol. The van der Waals surface area contributed by atoms with Crippen LogP contribution < -0.4 is 11.1 Å². The number of anilines is 2. The van der Waals surface area contributed by atoms with Crippen molar-refractivity contribution in [3.8, 4) is 0 Å². The van der Waals surface area contributed by atoms with Gasteiger partial charge in [-0.05, 0) is 24.1 Å². The first-order valence-corrected chi connectivity index (χ1v) is 4.97. The van der Waals surface area contributed by atoms with Crippen LogP contribution in [0.15, 0.2) is 18.2 Å². The molecule has 0 heterocycles. The average molecular weight is 212 g/mol. The summed E-state index contributed by atoms with van der Waals surface area (Å²) in [6.45, 7) is 3.90. The van der Waals surface area contributed by atoms with Gasteiger partial charge in [0.25, 0.3) is 0 Å². The van der Waals surface area contributed by atoms with Crippen LogP contribution in [0, 0.1) is 11.7 Å². The number of rotatable bonds is 4. The maximum atomic E-state index is 13.4. The Bertz CT molecular complexity index is 328. The Labute approximate surface area is 89.1 Å². The predicted molar refractivity (Wildman–Crippen MR) is 60.1 cm³/mol. The van der Waals surface area contributed by atoms with E-state index in [9.17, 15) is 4.39 Å². The van der Waals surface area contributed by atoms with Crippen LogP contribution in [0.2, 0.25) is 0 Å². The van der Waals surface area contributed by atoms with Gasteiger partial charge in [0, 0.05) is 5.69 Å². The number of nitrogen functional groups attached to an aromatic ring is 1. The molecule has 0 aliphatic carbocycles. The zero-order valence-electron chi connectivity index (χ0n) is 9.00. The standard InChI is InChI=1S/C11H17FN2O/c1-7(2)11(6-15)14-10-4-3-8(13)5-9(10)12/h3-5,7,11,14-15H,6,13H2,1-2H3. The van der Waals surface area contributed by atoms with E-state index < -0.39 is 5.82 Å². The molecular weight excluding hydrogens is 195 g/mol. The van der Waals surface area contributed by atoms with Gasteiger partial charge in [0.2, 0.25) is 0 Å². The lowest BCUT2D eigenvalue weighted by atomic mass is 10.1. The fourth-order valence-corrected chi connectivity index (χ4v) is 1.27. The summed E-state index contributed by atoms with van der Waals surface area (Å²) in [5, 5.41) is 12.0. The van der Waals surface area contributed by atoms with E-state index in [0.717, 1.165) is 0 Å². The molecule has 1 aromatic rings. The summed E-state index contributed by atoms with van der Waals surface area (Å²) in [7, 11) is 0. The minimum Gasteiger partial charge on any atom is -0.399 e. The molecule has 0 fully saturated rings. The first-order chi connectivity index (χ1) is 7.04. The Kier molecular flexibility index (Phi) is 3.91. The highest BCUT2D eigenvalue weighted by Gasteiger charge is 2.13. The first-order valence-electron chi connectivity index (χ1n) is 4.97. The summed E-state index contributed by atoms with van der Waals surface area (Å²) < 4.78 is 13.4. The zero-order chi connectivity index (χ0) is 11.4. The molecule has 84 valence electrons. The van der Waals surface area contributed by atoms with Crippen LogP contribution in [0.5, 0.6) is 0 Å². The second kappa shape index (κ2) is 4.98. The van der Waals surface area contributed by atoms with Gasteiger partial charge in [-0.1, -0.05) is 13.8 Å². The fourth-order valence-electron chi connectivity index (χ4n) is 1.27. The van der Waals surface area contributed by atoms with Gasteiger partial charge in [0.1, 0.15) is 5.82 Å². The van der Waals surface area contributed by atoms with Crippen LogP contribution in [0.25, 0.3) is 0 Å². The van der Waals surface area contributed by atoms with Crippen LogP contribution in [0.1, 0.15) is 13.8 Å². The summed E-state index contributed by atoms with van der Waals surface area (Å²) in [6.07, 6.45) is 0. The Hall–Kier alpha value is -1.29. The number of halogens is 1. The molecule has 0 amide bonds. The highest BCUT2D eigenvalue weighted by Crippen LogP contribution is 2.19. The lowest BCUT2D eigenvalue weighted by Gasteiger charge is -2.21. The van der Waals surface area contributed by atoms with Gasteiger partial charge < -0.3 is 16.2 Å². The van der Waals surface area contributed by atoms with Crippen LogP contribution in [-0.2, 0) is 0 Å². The van der Waals surface area contributed by atoms with E-state index in [-0.39, 0.29) is 18.6 Å². The molecule has 4 N–H and O–H groups in total. The predicted octanol–water partition coefficient (Wildman–Crippen LogP) is 1.84. The average Bonchev–Trinajstić information content (AvgIpc) is 2.16. The van der Waals surface area contributed by atoms with E-state index >= 15 is 0 Å². The maximum absolute atomic E-state index is 13.4. The lowest BCUT2D eigenvalue weighted by Crippen LogP contribution is -2.29. The van der Waals surface area contributed by atoms with Gasteiger partial charge >= 0.3 is 0 Å². The van der Waals surface area contributed by atoms with Gasteiger partial charge in [-0.15, -0.1) is 0 Å². The minimum absolute atomic E-state index is 0.0263. The van der Waals surface area contributed by atoms with Crippen molar-refractivity contribution in [3.05, 3.63) is 24.0 Å². The topological polar surface area (TPSA) is 58.3 Å². The van der Waals surface area contributed by atoms with Crippen LogP contribution in [-0.4, -0.2) is 17.8 Å². The van der Waals surface area contributed by atoms with E-state index in [1.165, 1.54) is 6.07 Å². The molecule has 4 heteroatoms. The van der Waals surface area contributed by atoms with E-state index in [4.69, 9.17) is 10.8 Å². The maximum Gasteiger partial charge on any atom is 0.148 e. The van der Waals surface area contributed by atoms with Gasteiger partial charge in [0.15, 0.2) is 0 Å². The number of aliphatic hydroxyl groups excluding tert-OH is 1. The third-order valence-corrected chi connectivity index (χ3v) is 2.34. The van der Waals surface area contributed by atoms with Gasteiger partial charge in [0.05, 0.1) is 18.3 Å². The van der Waals surface area contributed by atoms with Crippen molar-refractivity contribution in [2.45, 2.75) is 19.9 Å². The molecule has 0 aromatic heterocycles. The van der Waals surface area contributed by atoms with Crippen molar-refractivity contribution in [2.75, 3.05) is 17.7 Å². The summed E-state index contributed by atoms with van der Waals surface area (Å²) in [5.41, 5.74) is 6.20. The molecule has 15 heavy (non-hydrogen) atoms. The fraction of sp³-hybridized carbons (Fsp3) is 0.455. The SMILES string of the molecule is CC(C)C(CO)Nc1ccc(N)cc1F. The smallest absolute Gasteiger partial charge is 0.148 e. The molecule has 0 aliphatic rings. The molecule has 0 spiro atoms. The van der Waals surface area contributed by atoms with Crippen molar-refractivity contribution >= 4 is 11.4 Å². The second-order valence-electron chi connectivity index (χ2n) is 3.92. The molecule has 1 rings (SSSR count). The minimum atomic E-state index is -0.394. The molecule has 0 saturated heterocycles. The summed E-state index contributed by atoms with van der Waals surface area (Å²) in [5.74, 6) is -0.166. The van der Waals surface area contributed by atoms with Crippen LogP contribution in [0.3, 0.4) is 0 Å². The van der Waals surface area contributed by atoms with E-state index in [0.29, 0.717) is 11.4 Å². The molecule has 0 aliphatic heterocycles. The van der Waals surface area contributed by atoms with E-state index in [1.54, 1.807) is 12.1 Å². The number of nitrogens with one attached hydrogen (secondary N) is 1. The van der Waals surface area contributed by atoms with Gasteiger partial charge in [-0.25, -0.2) is 4.39 Å². The van der Waals surface area contributed by atoms with Gasteiger partial charge in [-0.2, -0.15) is 0 Å². The number of benzene rings is 1. The Balaban J connectivity index is 2.79. The van der Waals surface area contributed by atoms with Gasteiger partial charge in [-0.3, -0.25) is 0 Å². The quantitative estimate of drug-likeness (QED) is 0.667. The van der Waals surface area contributed by atoms with E-state index in [2.05, 4.69) is 5.32 Å². The number of hydrogen-bond donors (Lipinski definition) is 3. The Morgan fingerprint density at radius 2 is 2.13 bits per heavy atom. The van der Waals surface area contributed by atoms with Crippen LogP contribution >= 0.6 is 0 Å². The third-order valence-electron chi connectivity index (χ3n) is 2.34. The van der Waals surface area contributed by atoms with Crippen molar-refractivity contribution in [3.63, 3.8) is 0 Å². The highest BCUT2D eigenvalue weighted by atomic mass is 19.1. The third kappa shape index (κ3) is 3.09. The van der Waals surface area contributed by atoms with Crippen molar-refractivity contribution in [1.82, 2.24) is 0 Å². The summed E-state index contributed by atoms with van der Waals surface area (Å²) in [6, 6.07) is 4.32. The number of hydrogen-bond acceptors (Lipinski definition) is 3. The summed E-state index contributed by atoms with van der Waals surface area (Å²) >= 11 is 0. The Morgan fingerprint density at radius 1 is 1.47 bits per heavy atom. The number of aliphatic hydroxyl groups is 1. The van der Waals surface area contributed by atoms with Crippen LogP contribution in [0.4, 0.5) is 15.8 Å². The summed E-state index contributed by atoms with van der Waals surface area (Å²) in [4.78, 5) is 0. The highest BCUT2D eigenvalue weighted by molar-refractivity contribution is 5.53. The Morgan fingerprint density at radius 3 is 2.60 bits per heavy atom. The number of nitrogens with two attached hydrogens (primary N) is 1. The molecular formula is C11H17FN2O. The molecule has 3 nitrogen and oxygen atoms in total. The second-order valence-corrected chi connectivity index (χ2v) is 3.92. The normalized spacial score (nSPS) is 12.9. The first kappa shape index (κ1) is 11.8. The molecule has 1 aromatic carbocycles. The zero-order valence-corrected chi connectivity index (χ0v) is 9.00. The van der Waals surface area contributed by atoms with E-state index in [1.807, 2.05) is 13.8 Å².